The molecule has 3 rings (SSSR count). The summed E-state index contributed by atoms with van der Waals surface area (Å²) in [6.07, 6.45) is 6.88. The molecule has 0 radical (unpaired) electrons. The molecule has 2 aliphatic rings. The number of aromatic nitrogens is 1. The van der Waals surface area contributed by atoms with Gasteiger partial charge in [0.25, 0.3) is 0 Å². The molecule has 126 valence electrons. The van der Waals surface area contributed by atoms with Crippen LogP contribution in [0.4, 0.5) is 0 Å². The third-order valence-corrected chi connectivity index (χ3v) is 5.97. The Hall–Kier alpha value is -1.43. The first-order chi connectivity index (χ1) is 11.1. The second-order valence-corrected chi connectivity index (χ2v) is 7.78. The minimum Gasteiger partial charge on any atom is -0.480 e. The standard InChI is InChI=1S/C17H24N2O3S/c1-11-18-13(10-23-11)6-4-8-16(20)19-14-7-3-2-5-12(14)9-15(19)17(21)22/h10,12,14-15H,2-9H2,1H3,(H,21,22). The van der Waals surface area contributed by atoms with Gasteiger partial charge in [-0.3, -0.25) is 4.79 Å². The van der Waals surface area contributed by atoms with Crippen LogP contribution in [0.15, 0.2) is 5.38 Å². The smallest absolute Gasteiger partial charge is 0.326 e. The number of aryl methyl sites for hydroxylation is 2. The average molecular weight is 336 g/mol. The third-order valence-electron chi connectivity index (χ3n) is 5.15. The van der Waals surface area contributed by atoms with Gasteiger partial charge >= 0.3 is 5.97 Å². The number of nitrogens with zero attached hydrogens (tertiary/aromatic N) is 2. The van der Waals surface area contributed by atoms with Crippen molar-refractivity contribution in [3.63, 3.8) is 0 Å². The van der Waals surface area contributed by atoms with Crippen LogP contribution < -0.4 is 0 Å². The van der Waals surface area contributed by atoms with E-state index >= 15 is 0 Å². The molecule has 1 amide bonds. The van der Waals surface area contributed by atoms with Gasteiger partial charge in [0.15, 0.2) is 0 Å². The van der Waals surface area contributed by atoms with Gasteiger partial charge in [0.2, 0.25) is 5.91 Å². The summed E-state index contributed by atoms with van der Waals surface area (Å²) in [6.45, 7) is 1.98. The van der Waals surface area contributed by atoms with Crippen molar-refractivity contribution in [1.29, 1.82) is 0 Å². The van der Waals surface area contributed by atoms with E-state index < -0.39 is 12.0 Å². The van der Waals surface area contributed by atoms with Gasteiger partial charge in [0, 0.05) is 17.8 Å². The SMILES string of the molecule is Cc1nc(CCCC(=O)N2C(C(=O)O)CC3CCCCC32)cs1. The summed E-state index contributed by atoms with van der Waals surface area (Å²) in [5, 5.41) is 12.6. The summed E-state index contributed by atoms with van der Waals surface area (Å²) in [5.41, 5.74) is 1.03. The van der Waals surface area contributed by atoms with Crippen LogP contribution in [0.5, 0.6) is 0 Å². The van der Waals surface area contributed by atoms with E-state index in [9.17, 15) is 14.7 Å². The van der Waals surface area contributed by atoms with Crippen LogP contribution in [0.1, 0.15) is 55.6 Å². The number of aliphatic carboxylic acids is 1. The predicted octanol–water partition coefficient (Wildman–Crippen LogP) is 3.02. The number of amides is 1. The first-order valence-electron chi connectivity index (χ1n) is 8.51. The normalized spacial score (nSPS) is 27.0. The minimum absolute atomic E-state index is 0.0127. The molecule has 3 unspecified atom stereocenters. The molecule has 3 atom stereocenters. The van der Waals surface area contributed by atoms with E-state index in [-0.39, 0.29) is 11.9 Å². The summed E-state index contributed by atoms with van der Waals surface area (Å²) in [4.78, 5) is 30.3. The maximum Gasteiger partial charge on any atom is 0.326 e. The number of carbonyl (C=O) groups is 2. The Morgan fingerprint density at radius 1 is 1.39 bits per heavy atom. The Bertz CT molecular complexity index is 586. The van der Waals surface area contributed by atoms with Crippen molar-refractivity contribution in [2.45, 2.75) is 70.4 Å². The number of fused-ring (bicyclic) bond motifs is 1. The van der Waals surface area contributed by atoms with Crippen molar-refractivity contribution in [3.8, 4) is 0 Å². The van der Waals surface area contributed by atoms with E-state index in [1.54, 1.807) is 16.2 Å². The molecule has 0 spiro atoms. The lowest BCUT2D eigenvalue weighted by molar-refractivity contribution is -0.149. The maximum atomic E-state index is 12.7. The molecule has 1 aliphatic carbocycles. The highest BCUT2D eigenvalue weighted by atomic mass is 32.1. The summed E-state index contributed by atoms with van der Waals surface area (Å²) >= 11 is 1.62. The van der Waals surface area contributed by atoms with Crippen LogP contribution in [0.2, 0.25) is 0 Å². The molecule has 1 aliphatic heterocycles. The number of rotatable bonds is 5. The van der Waals surface area contributed by atoms with Crippen molar-refractivity contribution in [1.82, 2.24) is 9.88 Å². The lowest BCUT2D eigenvalue weighted by atomic mass is 9.84. The fraction of sp³-hybridized carbons (Fsp3) is 0.706. The zero-order chi connectivity index (χ0) is 16.4. The van der Waals surface area contributed by atoms with Crippen LogP contribution >= 0.6 is 11.3 Å². The Morgan fingerprint density at radius 3 is 2.87 bits per heavy atom. The van der Waals surface area contributed by atoms with Gasteiger partial charge in [-0.25, -0.2) is 9.78 Å². The summed E-state index contributed by atoms with van der Waals surface area (Å²) in [5.74, 6) is -0.448. The molecule has 1 saturated heterocycles. The second kappa shape index (κ2) is 6.99. The predicted molar refractivity (Wildman–Crippen MR) is 88.4 cm³/mol. The Kier molecular flexibility index (Phi) is 4.99. The molecule has 2 fully saturated rings. The van der Waals surface area contributed by atoms with Crippen molar-refractivity contribution in [2.24, 2.45) is 5.92 Å². The first kappa shape index (κ1) is 16.4. The van der Waals surface area contributed by atoms with Crippen LogP contribution in [-0.4, -0.2) is 39.0 Å². The van der Waals surface area contributed by atoms with Gasteiger partial charge in [-0.05, 0) is 44.9 Å². The van der Waals surface area contributed by atoms with Crippen molar-refractivity contribution in [2.75, 3.05) is 0 Å². The highest BCUT2D eigenvalue weighted by Crippen LogP contribution is 2.40. The Morgan fingerprint density at radius 2 is 2.17 bits per heavy atom. The van der Waals surface area contributed by atoms with Crippen LogP contribution in [0.25, 0.3) is 0 Å². The summed E-state index contributed by atoms with van der Waals surface area (Å²) in [7, 11) is 0. The van der Waals surface area contributed by atoms with E-state index in [2.05, 4.69) is 4.98 Å². The largest absolute Gasteiger partial charge is 0.480 e. The number of carbonyl (C=O) groups excluding carboxylic acids is 1. The number of hydrogen-bond donors (Lipinski definition) is 1. The average Bonchev–Trinajstić information content (AvgIpc) is 3.10. The molecular formula is C17H24N2O3S. The molecule has 1 saturated carbocycles. The zero-order valence-corrected chi connectivity index (χ0v) is 14.3. The topological polar surface area (TPSA) is 70.5 Å². The van der Waals surface area contributed by atoms with E-state index in [0.29, 0.717) is 18.8 Å². The molecule has 1 aromatic rings. The zero-order valence-electron chi connectivity index (χ0n) is 13.5. The van der Waals surface area contributed by atoms with E-state index in [1.807, 2.05) is 12.3 Å². The number of hydrogen-bond acceptors (Lipinski definition) is 4. The van der Waals surface area contributed by atoms with Crippen LogP contribution in [0, 0.1) is 12.8 Å². The van der Waals surface area contributed by atoms with Crippen LogP contribution in [-0.2, 0) is 16.0 Å². The van der Waals surface area contributed by atoms with Crippen molar-refractivity contribution in [3.05, 3.63) is 16.1 Å². The third kappa shape index (κ3) is 3.57. The molecular weight excluding hydrogens is 312 g/mol. The number of carboxylic acids is 1. The summed E-state index contributed by atoms with van der Waals surface area (Å²) < 4.78 is 0. The number of thiazole rings is 1. The highest BCUT2D eigenvalue weighted by molar-refractivity contribution is 7.09. The highest BCUT2D eigenvalue weighted by Gasteiger charge is 2.47. The summed E-state index contributed by atoms with van der Waals surface area (Å²) in [6, 6.07) is -0.462. The lowest BCUT2D eigenvalue weighted by Crippen LogP contribution is -2.46. The maximum absolute atomic E-state index is 12.7. The molecule has 0 aromatic carbocycles. The van der Waals surface area contributed by atoms with E-state index in [0.717, 1.165) is 42.8 Å². The monoisotopic (exact) mass is 336 g/mol. The first-order valence-corrected chi connectivity index (χ1v) is 9.39. The van der Waals surface area contributed by atoms with Crippen molar-refractivity contribution >= 4 is 23.2 Å². The molecule has 1 N–H and O–H groups in total. The molecule has 6 heteroatoms. The number of carboxylic acid groups (broad SMARTS) is 1. The molecule has 23 heavy (non-hydrogen) atoms. The van der Waals surface area contributed by atoms with Gasteiger partial charge in [0.05, 0.1) is 10.7 Å². The quantitative estimate of drug-likeness (QED) is 0.897. The van der Waals surface area contributed by atoms with E-state index in [1.165, 1.54) is 6.42 Å². The molecule has 2 heterocycles. The van der Waals surface area contributed by atoms with Gasteiger partial charge in [-0.2, -0.15) is 0 Å². The fourth-order valence-electron chi connectivity index (χ4n) is 4.11. The fourth-order valence-corrected chi connectivity index (χ4v) is 4.76. The molecule has 0 bridgehead atoms. The Labute approximate surface area is 140 Å². The van der Waals surface area contributed by atoms with E-state index in [4.69, 9.17) is 0 Å². The van der Waals surface area contributed by atoms with Gasteiger partial charge in [-0.1, -0.05) is 12.8 Å². The lowest BCUT2D eigenvalue weighted by Gasteiger charge is -2.33. The number of likely N-dealkylation sites (tertiary alicyclic amines) is 1. The van der Waals surface area contributed by atoms with Crippen LogP contribution in [0.3, 0.4) is 0 Å². The van der Waals surface area contributed by atoms with Gasteiger partial charge in [0.1, 0.15) is 6.04 Å². The Balaban J connectivity index is 1.60. The van der Waals surface area contributed by atoms with Gasteiger partial charge < -0.3 is 10.0 Å². The molecule has 1 aromatic heterocycles. The van der Waals surface area contributed by atoms with Crippen molar-refractivity contribution < 1.29 is 14.7 Å². The second-order valence-electron chi connectivity index (χ2n) is 6.71. The minimum atomic E-state index is -0.845. The van der Waals surface area contributed by atoms with Gasteiger partial charge in [-0.15, -0.1) is 11.3 Å². The molecule has 5 nitrogen and oxygen atoms in total.